The molecule has 0 aliphatic heterocycles. The maximum absolute atomic E-state index is 11.9. The molecule has 2 rings (SSSR count). The Labute approximate surface area is 135 Å². The Balaban J connectivity index is 1.90. The van der Waals surface area contributed by atoms with Crippen molar-refractivity contribution in [1.29, 1.82) is 0 Å². The number of rotatable bonds is 6. The van der Waals surface area contributed by atoms with Crippen LogP contribution in [0.1, 0.15) is 22.8 Å². The predicted molar refractivity (Wildman–Crippen MR) is 90.7 cm³/mol. The Kier molecular flexibility index (Phi) is 5.74. The van der Waals surface area contributed by atoms with Crippen LogP contribution in [0.5, 0.6) is 0 Å². The molecule has 1 amide bonds. The molecule has 2 aromatic carbocycles. The van der Waals surface area contributed by atoms with E-state index in [4.69, 9.17) is 4.74 Å². The molecular weight excluding hydrogens is 292 g/mol. The van der Waals surface area contributed by atoms with Crippen molar-refractivity contribution in [3.63, 3.8) is 0 Å². The summed E-state index contributed by atoms with van der Waals surface area (Å²) in [7, 11) is 0. The second-order valence-corrected chi connectivity index (χ2v) is 5.07. The van der Waals surface area contributed by atoms with E-state index in [1.54, 1.807) is 31.2 Å². The van der Waals surface area contributed by atoms with Crippen LogP contribution in [-0.2, 0) is 9.53 Å². The smallest absolute Gasteiger partial charge is 0.338 e. The zero-order valence-corrected chi connectivity index (χ0v) is 13.3. The number of carbonyl (C=O) groups is 2. The fraction of sp³-hybridized carbons (Fsp3) is 0.222. The molecule has 0 bridgehead atoms. The third-order valence-corrected chi connectivity index (χ3v) is 3.16. The highest BCUT2D eigenvalue weighted by Crippen LogP contribution is 2.12. The van der Waals surface area contributed by atoms with E-state index in [1.807, 2.05) is 31.2 Å². The molecule has 0 spiro atoms. The highest BCUT2D eigenvalue weighted by molar-refractivity contribution is 5.94. The number of amides is 1. The van der Waals surface area contributed by atoms with Gasteiger partial charge in [-0.1, -0.05) is 23.8 Å². The lowest BCUT2D eigenvalue weighted by atomic mass is 10.2. The van der Waals surface area contributed by atoms with Gasteiger partial charge in [0.2, 0.25) is 5.91 Å². The van der Waals surface area contributed by atoms with Gasteiger partial charge in [-0.05, 0) is 44.2 Å². The maximum atomic E-state index is 11.9. The van der Waals surface area contributed by atoms with Crippen molar-refractivity contribution in [3.8, 4) is 0 Å². The molecule has 0 saturated heterocycles. The van der Waals surface area contributed by atoms with Gasteiger partial charge in [0, 0.05) is 11.4 Å². The number of carbonyl (C=O) groups excluding carboxylic acids is 2. The SMILES string of the molecule is CCOC(=O)c1cccc(NCC(=O)Nc2ccc(C)cc2)c1. The highest BCUT2D eigenvalue weighted by Gasteiger charge is 2.07. The third-order valence-electron chi connectivity index (χ3n) is 3.16. The Morgan fingerprint density at radius 3 is 2.48 bits per heavy atom. The minimum atomic E-state index is -0.375. The van der Waals surface area contributed by atoms with Gasteiger partial charge in [-0.25, -0.2) is 4.79 Å². The van der Waals surface area contributed by atoms with Crippen LogP contribution < -0.4 is 10.6 Å². The van der Waals surface area contributed by atoms with E-state index in [-0.39, 0.29) is 18.4 Å². The first kappa shape index (κ1) is 16.5. The first-order chi connectivity index (χ1) is 11.1. The number of anilines is 2. The topological polar surface area (TPSA) is 67.4 Å². The third kappa shape index (κ3) is 5.14. The van der Waals surface area contributed by atoms with E-state index in [2.05, 4.69) is 10.6 Å². The van der Waals surface area contributed by atoms with Crippen molar-refractivity contribution in [3.05, 3.63) is 59.7 Å². The van der Waals surface area contributed by atoms with Crippen molar-refractivity contribution in [2.75, 3.05) is 23.8 Å². The van der Waals surface area contributed by atoms with E-state index >= 15 is 0 Å². The molecule has 2 N–H and O–H groups in total. The van der Waals surface area contributed by atoms with Crippen molar-refractivity contribution < 1.29 is 14.3 Å². The molecule has 0 radical (unpaired) electrons. The van der Waals surface area contributed by atoms with Gasteiger partial charge in [0.1, 0.15) is 0 Å². The number of aryl methyl sites for hydroxylation is 1. The quantitative estimate of drug-likeness (QED) is 0.804. The van der Waals surface area contributed by atoms with Crippen LogP contribution in [0, 0.1) is 6.92 Å². The summed E-state index contributed by atoms with van der Waals surface area (Å²) in [6, 6.07) is 14.5. The summed E-state index contributed by atoms with van der Waals surface area (Å²) >= 11 is 0. The maximum Gasteiger partial charge on any atom is 0.338 e. The molecule has 0 aliphatic rings. The molecule has 0 fully saturated rings. The molecule has 5 heteroatoms. The number of esters is 1. The summed E-state index contributed by atoms with van der Waals surface area (Å²) in [6.45, 7) is 4.19. The van der Waals surface area contributed by atoms with Gasteiger partial charge in [0.25, 0.3) is 0 Å². The van der Waals surface area contributed by atoms with Gasteiger partial charge in [0.15, 0.2) is 0 Å². The zero-order chi connectivity index (χ0) is 16.7. The largest absolute Gasteiger partial charge is 0.462 e. The lowest BCUT2D eigenvalue weighted by molar-refractivity contribution is -0.114. The summed E-state index contributed by atoms with van der Waals surface area (Å²) < 4.78 is 4.95. The second kappa shape index (κ2) is 7.98. The lowest BCUT2D eigenvalue weighted by Gasteiger charge is -2.09. The number of benzene rings is 2. The molecule has 0 atom stereocenters. The zero-order valence-electron chi connectivity index (χ0n) is 13.3. The average molecular weight is 312 g/mol. The monoisotopic (exact) mass is 312 g/mol. The Morgan fingerprint density at radius 1 is 1.04 bits per heavy atom. The molecule has 23 heavy (non-hydrogen) atoms. The molecule has 0 aromatic heterocycles. The van der Waals surface area contributed by atoms with Crippen LogP contribution in [0.2, 0.25) is 0 Å². The normalized spacial score (nSPS) is 10.0. The molecule has 0 saturated carbocycles. The van der Waals surface area contributed by atoms with Gasteiger partial charge >= 0.3 is 5.97 Å². The molecule has 0 heterocycles. The van der Waals surface area contributed by atoms with Crippen LogP contribution in [-0.4, -0.2) is 25.0 Å². The summed E-state index contributed by atoms with van der Waals surface area (Å²) in [5, 5.41) is 5.80. The molecule has 5 nitrogen and oxygen atoms in total. The molecule has 2 aromatic rings. The van der Waals surface area contributed by atoms with Gasteiger partial charge in [-0.3, -0.25) is 4.79 Å². The lowest BCUT2D eigenvalue weighted by Crippen LogP contribution is -2.21. The molecule has 0 aliphatic carbocycles. The first-order valence-corrected chi connectivity index (χ1v) is 7.46. The van der Waals surface area contributed by atoms with E-state index < -0.39 is 0 Å². The van der Waals surface area contributed by atoms with Crippen LogP contribution in [0.4, 0.5) is 11.4 Å². The van der Waals surface area contributed by atoms with E-state index in [9.17, 15) is 9.59 Å². The summed E-state index contributed by atoms with van der Waals surface area (Å²) in [6.07, 6.45) is 0. The van der Waals surface area contributed by atoms with Crippen molar-refractivity contribution in [1.82, 2.24) is 0 Å². The Hall–Kier alpha value is -2.82. The van der Waals surface area contributed by atoms with Crippen molar-refractivity contribution >= 4 is 23.3 Å². The number of ether oxygens (including phenoxy) is 1. The minimum Gasteiger partial charge on any atom is -0.462 e. The average Bonchev–Trinajstić information content (AvgIpc) is 2.56. The van der Waals surface area contributed by atoms with E-state index in [1.165, 1.54) is 0 Å². The predicted octanol–water partition coefficient (Wildman–Crippen LogP) is 3.22. The second-order valence-electron chi connectivity index (χ2n) is 5.07. The minimum absolute atomic E-state index is 0.111. The van der Waals surface area contributed by atoms with Crippen LogP contribution in [0.15, 0.2) is 48.5 Å². The molecular formula is C18H20N2O3. The molecule has 0 unspecified atom stereocenters. The number of nitrogens with one attached hydrogen (secondary N) is 2. The van der Waals surface area contributed by atoms with Crippen LogP contribution >= 0.6 is 0 Å². The van der Waals surface area contributed by atoms with Gasteiger partial charge in [-0.15, -0.1) is 0 Å². The number of hydrogen-bond donors (Lipinski definition) is 2. The fourth-order valence-electron chi connectivity index (χ4n) is 1.99. The van der Waals surface area contributed by atoms with Gasteiger partial charge < -0.3 is 15.4 Å². The Bertz CT molecular complexity index is 681. The van der Waals surface area contributed by atoms with Gasteiger partial charge in [-0.2, -0.15) is 0 Å². The standard InChI is InChI=1S/C18H20N2O3/c1-3-23-18(22)14-5-4-6-16(11-14)19-12-17(21)20-15-9-7-13(2)8-10-15/h4-11,19H,3,12H2,1-2H3,(H,20,21). The fourth-order valence-corrected chi connectivity index (χ4v) is 1.99. The van der Waals surface area contributed by atoms with Crippen molar-refractivity contribution in [2.45, 2.75) is 13.8 Å². The Morgan fingerprint density at radius 2 is 1.78 bits per heavy atom. The molecule has 120 valence electrons. The summed E-state index contributed by atoms with van der Waals surface area (Å²) in [5.41, 5.74) is 3.03. The van der Waals surface area contributed by atoms with Gasteiger partial charge in [0.05, 0.1) is 18.7 Å². The van der Waals surface area contributed by atoms with E-state index in [0.29, 0.717) is 17.9 Å². The number of hydrogen-bond acceptors (Lipinski definition) is 4. The van der Waals surface area contributed by atoms with Crippen LogP contribution in [0.3, 0.4) is 0 Å². The van der Waals surface area contributed by atoms with Crippen molar-refractivity contribution in [2.24, 2.45) is 0 Å². The summed E-state index contributed by atoms with van der Waals surface area (Å²) in [5.74, 6) is -0.532. The summed E-state index contributed by atoms with van der Waals surface area (Å²) in [4.78, 5) is 23.6. The highest BCUT2D eigenvalue weighted by atomic mass is 16.5. The first-order valence-electron chi connectivity index (χ1n) is 7.46. The van der Waals surface area contributed by atoms with Crippen LogP contribution in [0.25, 0.3) is 0 Å². The van der Waals surface area contributed by atoms with E-state index in [0.717, 1.165) is 11.3 Å².